The first-order valence-corrected chi connectivity index (χ1v) is 6.15. The Kier molecular flexibility index (Phi) is 4.04. The SMILES string of the molecule is CC(Nc1ccc(Cl)nc1)c1ccc(Cl)c(F)c1. The first-order valence-electron chi connectivity index (χ1n) is 5.39. The number of aromatic nitrogens is 1. The predicted molar refractivity (Wildman–Crippen MR) is 72.7 cm³/mol. The summed E-state index contributed by atoms with van der Waals surface area (Å²) in [6, 6.07) is 8.21. The summed E-state index contributed by atoms with van der Waals surface area (Å²) in [6.45, 7) is 1.93. The number of hydrogen-bond donors (Lipinski definition) is 1. The standard InChI is InChI=1S/C13H11Cl2FN2/c1-8(9-2-4-11(14)12(16)6-9)18-10-3-5-13(15)17-7-10/h2-8,18H,1H3. The third-order valence-electron chi connectivity index (χ3n) is 2.55. The molecule has 0 fully saturated rings. The molecule has 2 rings (SSSR count). The molecule has 1 unspecified atom stereocenters. The van der Waals surface area contributed by atoms with E-state index in [1.54, 1.807) is 24.4 Å². The Balaban J connectivity index is 2.13. The Morgan fingerprint density at radius 1 is 1.22 bits per heavy atom. The van der Waals surface area contributed by atoms with Crippen molar-refractivity contribution in [2.24, 2.45) is 0 Å². The molecule has 2 nitrogen and oxygen atoms in total. The lowest BCUT2D eigenvalue weighted by molar-refractivity contribution is 0.624. The molecule has 94 valence electrons. The third kappa shape index (κ3) is 3.12. The van der Waals surface area contributed by atoms with Gasteiger partial charge in [0.05, 0.1) is 16.9 Å². The predicted octanol–water partition coefficient (Wildman–Crippen LogP) is 4.70. The zero-order valence-corrected chi connectivity index (χ0v) is 11.1. The van der Waals surface area contributed by atoms with Gasteiger partial charge in [0.15, 0.2) is 0 Å². The Labute approximate surface area is 115 Å². The van der Waals surface area contributed by atoms with E-state index in [9.17, 15) is 4.39 Å². The van der Waals surface area contributed by atoms with Crippen molar-refractivity contribution in [2.75, 3.05) is 5.32 Å². The number of rotatable bonds is 3. The van der Waals surface area contributed by atoms with Crippen LogP contribution in [0.3, 0.4) is 0 Å². The van der Waals surface area contributed by atoms with Crippen LogP contribution in [-0.2, 0) is 0 Å². The van der Waals surface area contributed by atoms with Gasteiger partial charge in [-0.1, -0.05) is 29.3 Å². The Hall–Kier alpha value is -1.32. The van der Waals surface area contributed by atoms with E-state index in [0.717, 1.165) is 11.3 Å². The number of benzene rings is 1. The molecule has 0 aliphatic rings. The van der Waals surface area contributed by atoms with Crippen molar-refractivity contribution in [3.05, 3.63) is 58.1 Å². The van der Waals surface area contributed by atoms with Crippen LogP contribution in [0.4, 0.5) is 10.1 Å². The molecule has 1 N–H and O–H groups in total. The zero-order valence-electron chi connectivity index (χ0n) is 9.62. The molecule has 0 saturated carbocycles. The molecule has 1 heterocycles. The molecule has 0 aliphatic heterocycles. The Morgan fingerprint density at radius 3 is 2.61 bits per heavy atom. The first kappa shape index (κ1) is 13.1. The first-order chi connectivity index (χ1) is 8.56. The summed E-state index contributed by atoms with van der Waals surface area (Å²) < 4.78 is 13.3. The molecule has 0 aliphatic carbocycles. The van der Waals surface area contributed by atoms with Gasteiger partial charge in [-0.15, -0.1) is 0 Å². The summed E-state index contributed by atoms with van der Waals surface area (Å²) >= 11 is 11.3. The molecule has 1 aromatic heterocycles. The van der Waals surface area contributed by atoms with Gasteiger partial charge in [0, 0.05) is 6.04 Å². The lowest BCUT2D eigenvalue weighted by Gasteiger charge is -2.15. The fourth-order valence-electron chi connectivity index (χ4n) is 1.58. The van der Waals surface area contributed by atoms with Crippen LogP contribution < -0.4 is 5.32 Å². The van der Waals surface area contributed by atoms with E-state index in [1.807, 2.05) is 13.0 Å². The highest BCUT2D eigenvalue weighted by atomic mass is 35.5. The second-order valence-electron chi connectivity index (χ2n) is 3.91. The molecule has 0 spiro atoms. The number of pyridine rings is 1. The smallest absolute Gasteiger partial charge is 0.142 e. The summed E-state index contributed by atoms with van der Waals surface area (Å²) in [6.07, 6.45) is 1.63. The maximum atomic E-state index is 13.3. The van der Waals surface area contributed by atoms with E-state index < -0.39 is 5.82 Å². The summed E-state index contributed by atoms with van der Waals surface area (Å²) in [7, 11) is 0. The van der Waals surface area contributed by atoms with E-state index in [2.05, 4.69) is 10.3 Å². The molecule has 0 radical (unpaired) electrons. The number of nitrogens with zero attached hydrogens (tertiary/aromatic N) is 1. The normalized spacial score (nSPS) is 12.2. The molecule has 0 saturated heterocycles. The van der Waals surface area contributed by atoms with Gasteiger partial charge >= 0.3 is 0 Å². The number of hydrogen-bond acceptors (Lipinski definition) is 2. The Morgan fingerprint density at radius 2 is 2.00 bits per heavy atom. The third-order valence-corrected chi connectivity index (χ3v) is 3.08. The minimum atomic E-state index is -0.419. The second-order valence-corrected chi connectivity index (χ2v) is 4.70. The fourth-order valence-corrected chi connectivity index (χ4v) is 1.81. The number of anilines is 1. The monoisotopic (exact) mass is 284 g/mol. The highest BCUT2D eigenvalue weighted by molar-refractivity contribution is 6.30. The largest absolute Gasteiger partial charge is 0.377 e. The van der Waals surface area contributed by atoms with Crippen molar-refractivity contribution in [1.82, 2.24) is 4.98 Å². The quantitative estimate of drug-likeness (QED) is 0.827. The van der Waals surface area contributed by atoms with E-state index in [4.69, 9.17) is 23.2 Å². The van der Waals surface area contributed by atoms with E-state index in [-0.39, 0.29) is 11.1 Å². The van der Waals surface area contributed by atoms with Crippen LogP contribution in [0, 0.1) is 5.82 Å². The highest BCUT2D eigenvalue weighted by Gasteiger charge is 2.08. The van der Waals surface area contributed by atoms with Crippen molar-refractivity contribution in [3.8, 4) is 0 Å². The molecule has 5 heteroatoms. The maximum Gasteiger partial charge on any atom is 0.142 e. The van der Waals surface area contributed by atoms with Gasteiger partial charge in [-0.25, -0.2) is 9.37 Å². The van der Waals surface area contributed by atoms with Gasteiger partial charge < -0.3 is 5.32 Å². The molecular weight excluding hydrogens is 274 g/mol. The van der Waals surface area contributed by atoms with Gasteiger partial charge in [-0.05, 0) is 36.8 Å². The Bertz CT molecular complexity index is 543. The van der Waals surface area contributed by atoms with Crippen LogP contribution in [-0.4, -0.2) is 4.98 Å². The lowest BCUT2D eigenvalue weighted by atomic mass is 10.1. The van der Waals surface area contributed by atoms with Crippen molar-refractivity contribution < 1.29 is 4.39 Å². The van der Waals surface area contributed by atoms with Crippen LogP contribution in [0.25, 0.3) is 0 Å². The van der Waals surface area contributed by atoms with Crippen LogP contribution >= 0.6 is 23.2 Å². The van der Waals surface area contributed by atoms with Gasteiger partial charge in [-0.3, -0.25) is 0 Å². The minimum Gasteiger partial charge on any atom is -0.377 e. The number of nitrogens with one attached hydrogen (secondary N) is 1. The van der Waals surface area contributed by atoms with Crippen molar-refractivity contribution in [2.45, 2.75) is 13.0 Å². The summed E-state index contributed by atoms with van der Waals surface area (Å²) in [5, 5.41) is 3.76. The van der Waals surface area contributed by atoms with Crippen LogP contribution in [0.15, 0.2) is 36.5 Å². The van der Waals surface area contributed by atoms with E-state index in [1.165, 1.54) is 6.07 Å². The fraction of sp³-hybridized carbons (Fsp3) is 0.154. The molecule has 2 aromatic rings. The van der Waals surface area contributed by atoms with Crippen molar-refractivity contribution in [1.29, 1.82) is 0 Å². The summed E-state index contributed by atoms with van der Waals surface area (Å²) in [4.78, 5) is 3.97. The summed E-state index contributed by atoms with van der Waals surface area (Å²) in [5.41, 5.74) is 1.63. The van der Waals surface area contributed by atoms with Gasteiger partial charge in [0.1, 0.15) is 11.0 Å². The van der Waals surface area contributed by atoms with Crippen LogP contribution in [0.1, 0.15) is 18.5 Å². The maximum absolute atomic E-state index is 13.3. The minimum absolute atomic E-state index is 0.0558. The van der Waals surface area contributed by atoms with Crippen LogP contribution in [0.5, 0.6) is 0 Å². The molecule has 18 heavy (non-hydrogen) atoms. The molecule has 0 amide bonds. The average molecular weight is 285 g/mol. The molecule has 1 atom stereocenters. The zero-order chi connectivity index (χ0) is 13.1. The average Bonchev–Trinajstić information content (AvgIpc) is 2.35. The van der Waals surface area contributed by atoms with Gasteiger partial charge in [0.2, 0.25) is 0 Å². The van der Waals surface area contributed by atoms with Gasteiger partial charge in [-0.2, -0.15) is 0 Å². The molecule has 0 bridgehead atoms. The molecular formula is C13H11Cl2FN2. The highest BCUT2D eigenvalue weighted by Crippen LogP contribution is 2.23. The summed E-state index contributed by atoms with van der Waals surface area (Å²) in [5.74, 6) is -0.419. The van der Waals surface area contributed by atoms with Crippen molar-refractivity contribution in [3.63, 3.8) is 0 Å². The second kappa shape index (κ2) is 5.55. The van der Waals surface area contributed by atoms with Crippen LogP contribution in [0.2, 0.25) is 10.2 Å². The lowest BCUT2D eigenvalue weighted by Crippen LogP contribution is -2.07. The van der Waals surface area contributed by atoms with Gasteiger partial charge in [0.25, 0.3) is 0 Å². The molecule has 1 aromatic carbocycles. The topological polar surface area (TPSA) is 24.9 Å². The van der Waals surface area contributed by atoms with E-state index in [0.29, 0.717) is 5.15 Å². The van der Waals surface area contributed by atoms with E-state index >= 15 is 0 Å². The number of halogens is 3. The van der Waals surface area contributed by atoms with Crippen molar-refractivity contribution >= 4 is 28.9 Å².